The highest BCUT2D eigenvalue weighted by molar-refractivity contribution is 9.10. The van der Waals surface area contributed by atoms with Crippen molar-refractivity contribution in [2.45, 2.75) is 31.7 Å². The number of pyridine rings is 1. The number of halogens is 1. The van der Waals surface area contributed by atoms with Gasteiger partial charge in [0.2, 0.25) is 0 Å². The molecule has 3 nitrogen and oxygen atoms in total. The van der Waals surface area contributed by atoms with Crippen molar-refractivity contribution in [2.24, 2.45) is 0 Å². The van der Waals surface area contributed by atoms with Crippen LogP contribution in [0.3, 0.4) is 0 Å². The number of nitrogens with zero attached hydrogens (tertiary/aromatic N) is 2. The Hall–Kier alpha value is -0.770. The predicted molar refractivity (Wildman–Crippen MR) is 67.0 cm³/mol. The van der Waals surface area contributed by atoms with E-state index in [-0.39, 0.29) is 0 Å². The lowest BCUT2D eigenvalue weighted by atomic mass is 10.2. The van der Waals surface area contributed by atoms with Gasteiger partial charge in [0.05, 0.1) is 16.4 Å². The van der Waals surface area contributed by atoms with Crippen LogP contribution in [0.15, 0.2) is 16.7 Å². The molecular weight excluding hydrogens is 254 g/mol. The molecule has 0 unspecified atom stereocenters. The molecule has 0 aromatic carbocycles. The Balaban J connectivity index is 2.20. The van der Waals surface area contributed by atoms with Crippen LogP contribution in [0.5, 0.6) is 0 Å². The molecule has 1 aliphatic rings. The van der Waals surface area contributed by atoms with Gasteiger partial charge in [-0.3, -0.25) is 0 Å². The van der Waals surface area contributed by atoms with Crippen LogP contribution < -0.4 is 10.6 Å². The first-order valence-corrected chi connectivity index (χ1v) is 6.11. The minimum Gasteiger partial charge on any atom is -0.397 e. The lowest BCUT2D eigenvalue weighted by Crippen LogP contribution is -2.29. The first-order valence-electron chi connectivity index (χ1n) is 5.32. The van der Waals surface area contributed by atoms with E-state index in [1.54, 1.807) is 6.20 Å². The summed E-state index contributed by atoms with van der Waals surface area (Å²) in [6.45, 7) is 0. The summed E-state index contributed by atoms with van der Waals surface area (Å²) >= 11 is 3.51. The molecular formula is C11H16BrN3. The highest BCUT2D eigenvalue weighted by atomic mass is 79.9. The third-order valence-electron chi connectivity index (χ3n) is 3.05. The molecule has 0 saturated heterocycles. The Morgan fingerprint density at radius 3 is 2.73 bits per heavy atom. The average Bonchev–Trinajstić information content (AvgIpc) is 2.69. The van der Waals surface area contributed by atoms with E-state index in [9.17, 15) is 0 Å². The monoisotopic (exact) mass is 269 g/mol. The van der Waals surface area contributed by atoms with Gasteiger partial charge in [-0.1, -0.05) is 12.8 Å². The molecule has 1 heterocycles. The van der Waals surface area contributed by atoms with E-state index >= 15 is 0 Å². The van der Waals surface area contributed by atoms with E-state index in [1.807, 2.05) is 6.07 Å². The van der Waals surface area contributed by atoms with Crippen LogP contribution in [-0.4, -0.2) is 18.1 Å². The highest BCUT2D eigenvalue weighted by Crippen LogP contribution is 2.30. The Labute approximate surface area is 98.8 Å². The zero-order valence-electron chi connectivity index (χ0n) is 8.91. The van der Waals surface area contributed by atoms with Crippen molar-refractivity contribution in [1.29, 1.82) is 0 Å². The smallest absolute Gasteiger partial charge is 0.143 e. The van der Waals surface area contributed by atoms with Crippen molar-refractivity contribution in [3.05, 3.63) is 16.7 Å². The SMILES string of the molecule is CN(c1ncc(N)cc1Br)C1CCCC1. The molecule has 0 spiro atoms. The molecule has 0 bridgehead atoms. The van der Waals surface area contributed by atoms with Gasteiger partial charge in [0, 0.05) is 13.1 Å². The fourth-order valence-corrected chi connectivity index (χ4v) is 2.82. The van der Waals surface area contributed by atoms with Gasteiger partial charge < -0.3 is 10.6 Å². The largest absolute Gasteiger partial charge is 0.397 e. The Morgan fingerprint density at radius 2 is 2.13 bits per heavy atom. The van der Waals surface area contributed by atoms with Crippen molar-refractivity contribution in [2.75, 3.05) is 17.7 Å². The second-order valence-corrected chi connectivity index (χ2v) is 4.98. The standard InChI is InChI=1S/C11H16BrN3/c1-15(9-4-2-3-5-9)11-10(12)6-8(13)7-14-11/h6-7,9H,2-5,13H2,1H3. The van der Waals surface area contributed by atoms with Gasteiger partial charge in [-0.15, -0.1) is 0 Å². The maximum absolute atomic E-state index is 5.67. The van der Waals surface area contributed by atoms with Crippen LogP contribution in [0.25, 0.3) is 0 Å². The van der Waals surface area contributed by atoms with Crippen LogP contribution >= 0.6 is 15.9 Å². The summed E-state index contributed by atoms with van der Waals surface area (Å²) in [5.41, 5.74) is 6.37. The van der Waals surface area contributed by atoms with Crippen LogP contribution in [0, 0.1) is 0 Å². The van der Waals surface area contributed by atoms with Crippen LogP contribution in [0.4, 0.5) is 11.5 Å². The third kappa shape index (κ3) is 2.25. The minimum absolute atomic E-state index is 0.637. The molecule has 1 aromatic rings. The fourth-order valence-electron chi connectivity index (χ4n) is 2.17. The molecule has 1 fully saturated rings. The molecule has 4 heteroatoms. The van der Waals surface area contributed by atoms with E-state index in [0.29, 0.717) is 11.7 Å². The minimum atomic E-state index is 0.637. The first kappa shape index (κ1) is 10.7. The number of hydrogen-bond acceptors (Lipinski definition) is 3. The number of anilines is 2. The van der Waals surface area contributed by atoms with Gasteiger partial charge in [-0.2, -0.15) is 0 Å². The lowest BCUT2D eigenvalue weighted by molar-refractivity contribution is 0.645. The average molecular weight is 270 g/mol. The summed E-state index contributed by atoms with van der Waals surface area (Å²) in [7, 11) is 2.11. The van der Waals surface area contributed by atoms with E-state index < -0.39 is 0 Å². The summed E-state index contributed by atoms with van der Waals surface area (Å²) in [5, 5.41) is 0. The zero-order valence-corrected chi connectivity index (χ0v) is 10.5. The van der Waals surface area contributed by atoms with Gasteiger partial charge in [0.15, 0.2) is 0 Å². The van der Waals surface area contributed by atoms with Gasteiger partial charge in [-0.05, 0) is 34.8 Å². The molecule has 0 aliphatic heterocycles. The van der Waals surface area contributed by atoms with Crippen molar-refractivity contribution in [3.8, 4) is 0 Å². The lowest BCUT2D eigenvalue weighted by Gasteiger charge is -2.26. The predicted octanol–water partition coefficient (Wildman–Crippen LogP) is 2.81. The molecule has 0 atom stereocenters. The second kappa shape index (κ2) is 4.39. The second-order valence-electron chi connectivity index (χ2n) is 4.12. The van der Waals surface area contributed by atoms with Gasteiger partial charge in [-0.25, -0.2) is 4.98 Å². The quantitative estimate of drug-likeness (QED) is 0.898. The molecule has 1 aromatic heterocycles. The Kier molecular flexibility index (Phi) is 3.14. The number of nitrogens with two attached hydrogens (primary N) is 1. The topological polar surface area (TPSA) is 42.2 Å². The van der Waals surface area contributed by atoms with Crippen LogP contribution in [0.1, 0.15) is 25.7 Å². The third-order valence-corrected chi connectivity index (χ3v) is 3.63. The molecule has 2 rings (SSSR count). The fraction of sp³-hybridized carbons (Fsp3) is 0.545. The summed E-state index contributed by atoms with van der Waals surface area (Å²) < 4.78 is 0.983. The van der Waals surface area contributed by atoms with E-state index in [0.717, 1.165) is 10.3 Å². The van der Waals surface area contributed by atoms with Crippen LogP contribution in [0.2, 0.25) is 0 Å². The maximum Gasteiger partial charge on any atom is 0.143 e. The van der Waals surface area contributed by atoms with Crippen molar-refractivity contribution in [3.63, 3.8) is 0 Å². The zero-order chi connectivity index (χ0) is 10.8. The van der Waals surface area contributed by atoms with Gasteiger partial charge in [0.1, 0.15) is 5.82 Å². The molecule has 82 valence electrons. The van der Waals surface area contributed by atoms with E-state index in [2.05, 4.69) is 32.9 Å². The maximum atomic E-state index is 5.67. The highest BCUT2D eigenvalue weighted by Gasteiger charge is 2.21. The number of hydrogen-bond donors (Lipinski definition) is 1. The first-order chi connectivity index (χ1) is 7.18. The summed E-state index contributed by atoms with van der Waals surface area (Å²) in [6, 6.07) is 2.55. The summed E-state index contributed by atoms with van der Waals surface area (Å²) in [4.78, 5) is 6.64. The molecule has 1 aliphatic carbocycles. The molecule has 15 heavy (non-hydrogen) atoms. The molecule has 0 amide bonds. The molecule has 0 radical (unpaired) electrons. The van der Waals surface area contributed by atoms with Gasteiger partial charge in [0.25, 0.3) is 0 Å². The number of rotatable bonds is 2. The number of nitrogen functional groups attached to an aromatic ring is 1. The van der Waals surface area contributed by atoms with Gasteiger partial charge >= 0.3 is 0 Å². The molecule has 1 saturated carbocycles. The van der Waals surface area contributed by atoms with Crippen molar-refractivity contribution in [1.82, 2.24) is 4.98 Å². The van der Waals surface area contributed by atoms with E-state index in [4.69, 9.17) is 5.73 Å². The van der Waals surface area contributed by atoms with Crippen molar-refractivity contribution >= 4 is 27.4 Å². The van der Waals surface area contributed by atoms with E-state index in [1.165, 1.54) is 25.7 Å². The summed E-state index contributed by atoms with van der Waals surface area (Å²) in [6.07, 6.45) is 6.93. The molecule has 2 N–H and O–H groups in total. The summed E-state index contributed by atoms with van der Waals surface area (Å²) in [5.74, 6) is 0.996. The Morgan fingerprint density at radius 1 is 1.47 bits per heavy atom. The van der Waals surface area contributed by atoms with Crippen LogP contribution in [-0.2, 0) is 0 Å². The normalized spacial score (nSPS) is 16.9. The Bertz CT molecular complexity index is 348. The van der Waals surface area contributed by atoms with Crippen molar-refractivity contribution < 1.29 is 0 Å². The number of aromatic nitrogens is 1.